The second-order valence-electron chi connectivity index (χ2n) is 4.41. The lowest BCUT2D eigenvalue weighted by Gasteiger charge is -2.26. The summed E-state index contributed by atoms with van der Waals surface area (Å²) in [6.07, 6.45) is 1.20. The van der Waals surface area contributed by atoms with Crippen molar-refractivity contribution >= 4 is 0 Å². The lowest BCUT2D eigenvalue weighted by atomic mass is 10.1. The molecule has 0 fully saturated rings. The highest BCUT2D eigenvalue weighted by Crippen LogP contribution is 2.14. The highest BCUT2D eigenvalue weighted by atomic mass is 16.5. The maximum Gasteiger partial charge on any atom is 0.118 e. The van der Waals surface area contributed by atoms with E-state index < -0.39 is 0 Å². The first-order valence-electron chi connectivity index (χ1n) is 6.04. The van der Waals surface area contributed by atoms with Crippen molar-refractivity contribution in [2.75, 3.05) is 13.7 Å². The number of methoxy groups -OCH3 is 1. The molecule has 0 atom stereocenters. The van der Waals surface area contributed by atoms with Gasteiger partial charge in [0.15, 0.2) is 0 Å². The zero-order chi connectivity index (χ0) is 12.0. The molecule has 2 nitrogen and oxygen atoms in total. The quantitative estimate of drug-likeness (QED) is 0.730. The fraction of sp³-hybridized carbons (Fsp3) is 0.571. The van der Waals surface area contributed by atoms with Gasteiger partial charge in [0.05, 0.1) is 7.11 Å². The smallest absolute Gasteiger partial charge is 0.118 e. The molecule has 0 amide bonds. The largest absolute Gasteiger partial charge is 0.497 e. The van der Waals surface area contributed by atoms with E-state index in [2.05, 4.69) is 37.8 Å². The van der Waals surface area contributed by atoms with Gasteiger partial charge in [-0.2, -0.15) is 0 Å². The Bertz CT molecular complexity index is 292. The summed E-state index contributed by atoms with van der Waals surface area (Å²) < 4.78 is 5.16. The Hall–Kier alpha value is -1.02. The Morgan fingerprint density at radius 2 is 1.81 bits per heavy atom. The molecule has 0 N–H and O–H groups in total. The fourth-order valence-corrected chi connectivity index (χ4v) is 1.77. The Morgan fingerprint density at radius 1 is 1.19 bits per heavy atom. The van der Waals surface area contributed by atoms with E-state index in [1.165, 1.54) is 12.0 Å². The van der Waals surface area contributed by atoms with E-state index in [-0.39, 0.29) is 0 Å². The van der Waals surface area contributed by atoms with Gasteiger partial charge >= 0.3 is 0 Å². The normalized spacial score (nSPS) is 11.1. The van der Waals surface area contributed by atoms with Gasteiger partial charge in [-0.25, -0.2) is 0 Å². The summed E-state index contributed by atoms with van der Waals surface area (Å²) in [5.41, 5.74) is 1.35. The van der Waals surface area contributed by atoms with E-state index >= 15 is 0 Å². The summed E-state index contributed by atoms with van der Waals surface area (Å²) in [5, 5.41) is 0. The third-order valence-electron chi connectivity index (χ3n) is 2.79. The van der Waals surface area contributed by atoms with Crippen molar-refractivity contribution in [1.82, 2.24) is 4.90 Å². The van der Waals surface area contributed by atoms with Crippen molar-refractivity contribution in [3.05, 3.63) is 29.8 Å². The van der Waals surface area contributed by atoms with E-state index in [9.17, 15) is 0 Å². The third-order valence-corrected chi connectivity index (χ3v) is 2.79. The van der Waals surface area contributed by atoms with Crippen molar-refractivity contribution in [1.29, 1.82) is 0 Å². The Kier molecular flexibility index (Phi) is 5.33. The SMILES string of the molecule is CCCN(Cc1ccc(OC)cc1)C(C)C. The standard InChI is InChI=1S/C14H23NO/c1-5-10-15(12(2)3)11-13-6-8-14(16-4)9-7-13/h6-9,12H,5,10-11H2,1-4H3. The lowest BCUT2D eigenvalue weighted by Crippen LogP contribution is -2.30. The van der Waals surface area contributed by atoms with Crippen molar-refractivity contribution in [2.24, 2.45) is 0 Å². The molecule has 0 spiro atoms. The number of hydrogen-bond acceptors (Lipinski definition) is 2. The summed E-state index contributed by atoms with van der Waals surface area (Å²) in [6.45, 7) is 8.90. The topological polar surface area (TPSA) is 12.5 Å². The van der Waals surface area contributed by atoms with Crippen LogP contribution in [0.25, 0.3) is 0 Å². The first-order chi connectivity index (χ1) is 7.67. The van der Waals surface area contributed by atoms with E-state index in [1.54, 1.807) is 7.11 Å². The second kappa shape index (κ2) is 6.54. The van der Waals surface area contributed by atoms with E-state index in [0.717, 1.165) is 18.8 Å². The van der Waals surface area contributed by atoms with Gasteiger partial charge in [0, 0.05) is 12.6 Å². The van der Waals surface area contributed by atoms with Crippen molar-refractivity contribution in [2.45, 2.75) is 39.8 Å². The van der Waals surface area contributed by atoms with Gasteiger partial charge in [0.1, 0.15) is 5.75 Å². The van der Waals surface area contributed by atoms with Gasteiger partial charge in [-0.05, 0) is 44.5 Å². The van der Waals surface area contributed by atoms with Gasteiger partial charge in [-0.3, -0.25) is 4.90 Å². The monoisotopic (exact) mass is 221 g/mol. The summed E-state index contributed by atoms with van der Waals surface area (Å²) in [4.78, 5) is 2.49. The van der Waals surface area contributed by atoms with E-state index in [4.69, 9.17) is 4.74 Å². The molecule has 0 unspecified atom stereocenters. The molecule has 90 valence electrons. The van der Waals surface area contributed by atoms with Crippen LogP contribution in [0.3, 0.4) is 0 Å². The first-order valence-corrected chi connectivity index (χ1v) is 6.04. The molecule has 0 aliphatic carbocycles. The molecule has 0 saturated carbocycles. The van der Waals surface area contributed by atoms with Crippen LogP contribution in [-0.2, 0) is 6.54 Å². The van der Waals surface area contributed by atoms with Gasteiger partial charge in [-0.15, -0.1) is 0 Å². The minimum atomic E-state index is 0.599. The van der Waals surface area contributed by atoms with Crippen LogP contribution in [-0.4, -0.2) is 24.6 Å². The van der Waals surface area contributed by atoms with Crippen LogP contribution in [0, 0.1) is 0 Å². The molecule has 2 heteroatoms. The number of benzene rings is 1. The molecule has 0 saturated heterocycles. The van der Waals surface area contributed by atoms with E-state index in [1.807, 2.05) is 12.1 Å². The minimum Gasteiger partial charge on any atom is -0.497 e. The number of hydrogen-bond donors (Lipinski definition) is 0. The summed E-state index contributed by atoms with van der Waals surface area (Å²) >= 11 is 0. The van der Waals surface area contributed by atoms with Crippen molar-refractivity contribution in [3.8, 4) is 5.75 Å². The Balaban J connectivity index is 2.62. The minimum absolute atomic E-state index is 0.599. The van der Waals surface area contributed by atoms with Crippen LogP contribution in [0.15, 0.2) is 24.3 Å². The zero-order valence-electron chi connectivity index (χ0n) is 10.9. The summed E-state index contributed by atoms with van der Waals surface area (Å²) in [5.74, 6) is 0.926. The molecule has 1 aromatic rings. The maximum atomic E-state index is 5.16. The number of rotatable bonds is 6. The Morgan fingerprint density at radius 3 is 2.25 bits per heavy atom. The van der Waals surface area contributed by atoms with Crippen molar-refractivity contribution in [3.63, 3.8) is 0 Å². The Labute approximate surface area is 99.2 Å². The van der Waals surface area contributed by atoms with Crippen LogP contribution in [0.1, 0.15) is 32.8 Å². The van der Waals surface area contributed by atoms with Crippen LogP contribution in [0.2, 0.25) is 0 Å². The molecule has 0 bridgehead atoms. The molecule has 0 heterocycles. The van der Waals surface area contributed by atoms with Crippen LogP contribution >= 0.6 is 0 Å². The predicted molar refractivity (Wildman–Crippen MR) is 68.8 cm³/mol. The van der Waals surface area contributed by atoms with Gasteiger partial charge in [0.25, 0.3) is 0 Å². The third kappa shape index (κ3) is 3.86. The highest BCUT2D eigenvalue weighted by molar-refractivity contribution is 5.27. The molecule has 0 aliphatic heterocycles. The number of nitrogens with zero attached hydrogens (tertiary/aromatic N) is 1. The van der Waals surface area contributed by atoms with Crippen LogP contribution in [0.5, 0.6) is 5.75 Å². The molecule has 0 aromatic heterocycles. The lowest BCUT2D eigenvalue weighted by molar-refractivity contribution is 0.213. The van der Waals surface area contributed by atoms with Crippen LogP contribution in [0.4, 0.5) is 0 Å². The fourth-order valence-electron chi connectivity index (χ4n) is 1.77. The predicted octanol–water partition coefficient (Wildman–Crippen LogP) is 3.32. The summed E-state index contributed by atoms with van der Waals surface area (Å²) in [6, 6.07) is 8.94. The molecule has 1 rings (SSSR count). The summed E-state index contributed by atoms with van der Waals surface area (Å²) in [7, 11) is 1.70. The highest BCUT2D eigenvalue weighted by Gasteiger charge is 2.08. The molecule has 0 radical (unpaired) electrons. The van der Waals surface area contributed by atoms with Crippen LogP contribution < -0.4 is 4.74 Å². The van der Waals surface area contributed by atoms with E-state index in [0.29, 0.717) is 6.04 Å². The van der Waals surface area contributed by atoms with Gasteiger partial charge in [-0.1, -0.05) is 19.1 Å². The average Bonchev–Trinajstić information content (AvgIpc) is 2.29. The maximum absolute atomic E-state index is 5.16. The number of ether oxygens (including phenoxy) is 1. The molecule has 16 heavy (non-hydrogen) atoms. The van der Waals surface area contributed by atoms with Crippen molar-refractivity contribution < 1.29 is 4.74 Å². The average molecular weight is 221 g/mol. The zero-order valence-corrected chi connectivity index (χ0v) is 10.9. The molecule has 1 aromatic carbocycles. The molecular weight excluding hydrogens is 198 g/mol. The van der Waals surface area contributed by atoms with Gasteiger partial charge < -0.3 is 4.74 Å². The first kappa shape index (κ1) is 13.0. The van der Waals surface area contributed by atoms with Gasteiger partial charge in [0.2, 0.25) is 0 Å². The second-order valence-corrected chi connectivity index (χ2v) is 4.41. The molecular formula is C14H23NO. The molecule has 0 aliphatic rings.